The predicted molar refractivity (Wildman–Crippen MR) is 81.4 cm³/mol. The van der Waals surface area contributed by atoms with Gasteiger partial charge in [-0.2, -0.15) is 0 Å². The molecule has 0 amide bonds. The van der Waals surface area contributed by atoms with Gasteiger partial charge in [-0.25, -0.2) is 17.2 Å². The molecule has 3 aromatic rings. The maximum Gasteiger partial charge on any atom is 0.211 e. The van der Waals surface area contributed by atoms with E-state index in [2.05, 4.69) is 4.98 Å². The minimum atomic E-state index is -4.18. The first-order valence-corrected chi connectivity index (χ1v) is 8.18. The minimum absolute atomic E-state index is 0.0307. The maximum atomic E-state index is 13.8. The molecule has 0 radical (unpaired) electrons. The number of halogens is 3. The van der Waals surface area contributed by atoms with Crippen LogP contribution in [0.1, 0.15) is 0 Å². The maximum absolute atomic E-state index is 13.8. The first-order chi connectivity index (χ1) is 10.8. The molecular formula is C15H8ClF2NO3S. The van der Waals surface area contributed by atoms with E-state index in [1.165, 1.54) is 6.07 Å². The molecule has 0 aliphatic carbocycles. The van der Waals surface area contributed by atoms with Gasteiger partial charge in [0.1, 0.15) is 16.5 Å². The molecule has 0 unspecified atom stereocenters. The van der Waals surface area contributed by atoms with E-state index in [9.17, 15) is 22.0 Å². The average molecular weight is 356 g/mol. The Bertz CT molecular complexity index is 1080. The van der Waals surface area contributed by atoms with E-state index >= 15 is 0 Å². The van der Waals surface area contributed by atoms with Gasteiger partial charge in [0.05, 0.1) is 15.8 Å². The monoisotopic (exact) mass is 355 g/mol. The van der Waals surface area contributed by atoms with Crippen LogP contribution in [0.5, 0.6) is 0 Å². The number of rotatable bonds is 2. The molecule has 23 heavy (non-hydrogen) atoms. The summed E-state index contributed by atoms with van der Waals surface area (Å²) >= 11 is 5.71. The van der Waals surface area contributed by atoms with Crippen LogP contribution in [0.25, 0.3) is 10.9 Å². The van der Waals surface area contributed by atoms with E-state index < -0.39 is 31.8 Å². The molecule has 0 atom stereocenters. The van der Waals surface area contributed by atoms with Crippen molar-refractivity contribution in [2.75, 3.05) is 0 Å². The summed E-state index contributed by atoms with van der Waals surface area (Å²) in [5.74, 6) is -1.37. The number of sulfone groups is 1. The van der Waals surface area contributed by atoms with Crippen molar-refractivity contribution < 1.29 is 17.2 Å². The summed E-state index contributed by atoms with van der Waals surface area (Å²) in [6, 6.07) is 6.23. The zero-order chi connectivity index (χ0) is 16.8. The standard InChI is InChI=1S/C15H8ClF2NO3S/c16-8-5-11-14(12(18)6-8)19-7-13(15(11)20)23(21,22)10-3-1-9(17)2-4-10/h1-7H,(H,19,20). The number of H-pyrrole nitrogens is 1. The molecule has 0 saturated carbocycles. The van der Waals surface area contributed by atoms with Gasteiger partial charge in [-0.05, 0) is 36.4 Å². The van der Waals surface area contributed by atoms with Gasteiger partial charge in [-0.3, -0.25) is 4.79 Å². The largest absolute Gasteiger partial charge is 0.357 e. The number of benzene rings is 2. The normalized spacial score (nSPS) is 11.8. The van der Waals surface area contributed by atoms with Crippen LogP contribution in [0, 0.1) is 11.6 Å². The van der Waals surface area contributed by atoms with E-state index in [4.69, 9.17) is 11.6 Å². The second-order valence-corrected chi connectivity index (χ2v) is 7.10. The highest BCUT2D eigenvalue weighted by molar-refractivity contribution is 7.91. The topological polar surface area (TPSA) is 67.0 Å². The van der Waals surface area contributed by atoms with Crippen molar-refractivity contribution in [1.82, 2.24) is 4.98 Å². The van der Waals surface area contributed by atoms with Crippen LogP contribution >= 0.6 is 11.6 Å². The number of aromatic amines is 1. The highest BCUT2D eigenvalue weighted by Gasteiger charge is 2.23. The Balaban J connectivity index is 2.30. The van der Waals surface area contributed by atoms with Gasteiger partial charge in [-0.1, -0.05) is 11.6 Å². The van der Waals surface area contributed by atoms with Crippen LogP contribution in [0.15, 0.2) is 57.2 Å². The third kappa shape index (κ3) is 2.62. The minimum Gasteiger partial charge on any atom is -0.357 e. The van der Waals surface area contributed by atoms with Crippen molar-refractivity contribution in [3.63, 3.8) is 0 Å². The van der Waals surface area contributed by atoms with Crippen molar-refractivity contribution in [3.8, 4) is 0 Å². The molecule has 4 nitrogen and oxygen atoms in total. The van der Waals surface area contributed by atoms with Gasteiger partial charge in [0, 0.05) is 11.2 Å². The molecule has 0 aliphatic rings. The summed E-state index contributed by atoms with van der Waals surface area (Å²) in [7, 11) is -4.18. The highest BCUT2D eigenvalue weighted by Crippen LogP contribution is 2.23. The van der Waals surface area contributed by atoms with Crippen LogP contribution < -0.4 is 5.43 Å². The summed E-state index contributed by atoms with van der Waals surface area (Å²) in [5.41, 5.74) is -1.03. The fourth-order valence-electron chi connectivity index (χ4n) is 2.18. The number of hydrogen-bond acceptors (Lipinski definition) is 3. The van der Waals surface area contributed by atoms with Gasteiger partial charge in [0.15, 0.2) is 0 Å². The molecule has 0 aliphatic heterocycles. The third-order valence-electron chi connectivity index (χ3n) is 3.28. The Hall–Kier alpha value is -2.25. The van der Waals surface area contributed by atoms with E-state index in [0.29, 0.717) is 0 Å². The molecule has 2 aromatic carbocycles. The quantitative estimate of drug-likeness (QED) is 0.717. The zero-order valence-electron chi connectivity index (χ0n) is 11.3. The van der Waals surface area contributed by atoms with E-state index in [-0.39, 0.29) is 20.8 Å². The summed E-state index contributed by atoms with van der Waals surface area (Å²) in [6.07, 6.45) is 0.917. The smallest absolute Gasteiger partial charge is 0.211 e. The Morgan fingerprint density at radius 3 is 2.35 bits per heavy atom. The molecule has 0 fully saturated rings. The summed E-state index contributed by atoms with van der Waals surface area (Å²) in [4.78, 5) is 14.1. The van der Waals surface area contributed by atoms with E-state index in [0.717, 1.165) is 36.5 Å². The number of aromatic nitrogens is 1. The number of fused-ring (bicyclic) bond motifs is 1. The fourth-order valence-corrected chi connectivity index (χ4v) is 3.70. The number of hydrogen-bond donors (Lipinski definition) is 1. The lowest BCUT2D eigenvalue weighted by Crippen LogP contribution is -2.16. The molecule has 0 spiro atoms. The lowest BCUT2D eigenvalue weighted by molar-refractivity contribution is 0.593. The van der Waals surface area contributed by atoms with Crippen LogP contribution in [0.3, 0.4) is 0 Å². The van der Waals surface area contributed by atoms with Gasteiger partial charge >= 0.3 is 0 Å². The Kier molecular flexibility index (Phi) is 3.69. The number of nitrogens with one attached hydrogen (secondary N) is 1. The zero-order valence-corrected chi connectivity index (χ0v) is 12.9. The van der Waals surface area contributed by atoms with Gasteiger partial charge in [-0.15, -0.1) is 0 Å². The lowest BCUT2D eigenvalue weighted by Gasteiger charge is -2.06. The third-order valence-corrected chi connectivity index (χ3v) is 5.28. The van der Waals surface area contributed by atoms with E-state index in [1.807, 2.05) is 0 Å². The van der Waals surface area contributed by atoms with Crippen molar-refractivity contribution in [2.45, 2.75) is 9.79 Å². The molecule has 1 heterocycles. The molecule has 118 valence electrons. The van der Waals surface area contributed by atoms with Gasteiger partial charge in [0.25, 0.3) is 0 Å². The van der Waals surface area contributed by atoms with Crippen LogP contribution in [-0.4, -0.2) is 13.4 Å². The van der Waals surface area contributed by atoms with Crippen molar-refractivity contribution >= 4 is 32.3 Å². The molecule has 8 heteroatoms. The van der Waals surface area contributed by atoms with Crippen molar-refractivity contribution in [3.05, 3.63) is 69.5 Å². The molecule has 0 bridgehead atoms. The molecule has 0 saturated heterocycles. The molecule has 1 N–H and O–H groups in total. The molecule has 3 rings (SSSR count). The first-order valence-electron chi connectivity index (χ1n) is 6.32. The average Bonchev–Trinajstić information content (AvgIpc) is 2.48. The Morgan fingerprint density at radius 2 is 1.70 bits per heavy atom. The second-order valence-electron chi connectivity index (χ2n) is 4.75. The summed E-state index contributed by atoms with van der Waals surface area (Å²) in [5, 5.41) is -0.213. The highest BCUT2D eigenvalue weighted by atomic mass is 35.5. The summed E-state index contributed by atoms with van der Waals surface area (Å²) in [6.45, 7) is 0. The second kappa shape index (κ2) is 5.43. The first kappa shape index (κ1) is 15.6. The van der Waals surface area contributed by atoms with Crippen LogP contribution in [0.4, 0.5) is 8.78 Å². The van der Waals surface area contributed by atoms with Gasteiger partial charge in [0.2, 0.25) is 15.3 Å². The molecule has 1 aromatic heterocycles. The Morgan fingerprint density at radius 1 is 1.04 bits per heavy atom. The predicted octanol–water partition coefficient (Wildman–Crippen LogP) is 3.29. The van der Waals surface area contributed by atoms with Gasteiger partial charge < -0.3 is 4.98 Å². The van der Waals surface area contributed by atoms with Crippen molar-refractivity contribution in [1.29, 1.82) is 0 Å². The van der Waals surface area contributed by atoms with Crippen LogP contribution in [-0.2, 0) is 9.84 Å². The summed E-state index contributed by atoms with van der Waals surface area (Å²) < 4.78 is 51.7. The number of pyridine rings is 1. The molecular weight excluding hydrogens is 348 g/mol. The van der Waals surface area contributed by atoms with E-state index in [1.54, 1.807) is 0 Å². The lowest BCUT2D eigenvalue weighted by atomic mass is 10.2. The Labute approximate surface area is 134 Å². The fraction of sp³-hybridized carbons (Fsp3) is 0. The SMILES string of the molecule is O=c1c(S(=O)(=O)c2ccc(F)cc2)c[nH]c2c(F)cc(Cl)cc12. The van der Waals surface area contributed by atoms with Crippen LogP contribution in [0.2, 0.25) is 5.02 Å². The van der Waals surface area contributed by atoms with Crippen molar-refractivity contribution in [2.24, 2.45) is 0 Å².